The lowest BCUT2D eigenvalue weighted by Gasteiger charge is -2.14. The van der Waals surface area contributed by atoms with Gasteiger partial charge in [0, 0.05) is 31.3 Å². The summed E-state index contributed by atoms with van der Waals surface area (Å²) in [5, 5.41) is 8.54. The Balaban J connectivity index is 1.87. The fourth-order valence-corrected chi connectivity index (χ4v) is 2.49. The molecule has 0 aliphatic rings. The van der Waals surface area contributed by atoms with Crippen molar-refractivity contribution >= 4 is 17.8 Å². The van der Waals surface area contributed by atoms with Crippen molar-refractivity contribution in [3.05, 3.63) is 65.2 Å². The van der Waals surface area contributed by atoms with E-state index in [9.17, 15) is 18.4 Å². The SMILES string of the molecule is CN=C(NCc1ccc(C(=O)NCC(N)=O)cc1)NCc1ccccc1OC(F)F. The number of para-hydroxylation sites is 1. The highest BCUT2D eigenvalue weighted by Gasteiger charge is 2.10. The molecule has 2 rings (SSSR count). The van der Waals surface area contributed by atoms with E-state index < -0.39 is 18.4 Å². The molecule has 8 nitrogen and oxygen atoms in total. The topological polar surface area (TPSA) is 118 Å². The van der Waals surface area contributed by atoms with E-state index in [1.54, 1.807) is 49.5 Å². The monoisotopic (exact) mass is 419 g/mol. The summed E-state index contributed by atoms with van der Waals surface area (Å²) in [7, 11) is 1.59. The Labute approximate surface area is 172 Å². The van der Waals surface area contributed by atoms with Gasteiger partial charge in [0.2, 0.25) is 5.91 Å². The predicted molar refractivity (Wildman–Crippen MR) is 108 cm³/mol. The van der Waals surface area contributed by atoms with E-state index in [4.69, 9.17) is 5.73 Å². The number of guanidine groups is 1. The highest BCUT2D eigenvalue weighted by Crippen LogP contribution is 2.19. The molecular weight excluding hydrogens is 396 g/mol. The number of carbonyl (C=O) groups is 2. The predicted octanol–water partition coefficient (Wildman–Crippen LogP) is 1.37. The first kappa shape index (κ1) is 22.6. The molecule has 10 heteroatoms. The highest BCUT2D eigenvalue weighted by atomic mass is 19.3. The molecule has 2 aromatic rings. The molecule has 0 spiro atoms. The highest BCUT2D eigenvalue weighted by molar-refractivity contribution is 5.96. The number of hydrogen-bond donors (Lipinski definition) is 4. The zero-order chi connectivity index (χ0) is 21.9. The van der Waals surface area contributed by atoms with Crippen LogP contribution < -0.4 is 26.4 Å². The standard InChI is InChI=1S/C20H23F2N5O3/c1-24-20(27-11-15-4-2-3-5-16(15)30-19(21)22)26-10-13-6-8-14(9-7-13)18(29)25-12-17(23)28/h2-9,19H,10-12H2,1H3,(H2,23,28)(H,25,29)(H2,24,26,27). The third-order valence-corrected chi connectivity index (χ3v) is 3.96. The van der Waals surface area contributed by atoms with Crippen LogP contribution in [-0.4, -0.2) is 38.0 Å². The van der Waals surface area contributed by atoms with Crippen LogP contribution in [0.2, 0.25) is 0 Å². The molecule has 0 radical (unpaired) electrons. The Morgan fingerprint density at radius 3 is 2.33 bits per heavy atom. The van der Waals surface area contributed by atoms with E-state index in [0.717, 1.165) is 5.56 Å². The quantitative estimate of drug-likeness (QED) is 0.362. The summed E-state index contributed by atoms with van der Waals surface area (Å²) in [6, 6.07) is 13.3. The van der Waals surface area contributed by atoms with Crippen LogP contribution >= 0.6 is 0 Å². The molecule has 0 aliphatic carbocycles. The first-order valence-corrected chi connectivity index (χ1v) is 9.01. The average Bonchev–Trinajstić information content (AvgIpc) is 2.73. The fourth-order valence-electron chi connectivity index (χ4n) is 2.49. The second kappa shape index (κ2) is 11.3. The number of primary amides is 1. The number of hydrogen-bond acceptors (Lipinski definition) is 4. The molecule has 0 saturated heterocycles. The van der Waals surface area contributed by atoms with Crippen molar-refractivity contribution in [1.82, 2.24) is 16.0 Å². The van der Waals surface area contributed by atoms with Gasteiger partial charge < -0.3 is 26.4 Å². The summed E-state index contributed by atoms with van der Waals surface area (Å²) in [5.74, 6) is -0.451. The van der Waals surface area contributed by atoms with Gasteiger partial charge in [-0.1, -0.05) is 30.3 Å². The Morgan fingerprint density at radius 2 is 1.70 bits per heavy atom. The molecule has 0 unspecified atom stereocenters. The molecule has 0 saturated carbocycles. The molecule has 160 valence electrons. The van der Waals surface area contributed by atoms with Crippen molar-refractivity contribution in [2.45, 2.75) is 19.7 Å². The number of nitrogens with one attached hydrogen (secondary N) is 3. The third-order valence-electron chi connectivity index (χ3n) is 3.96. The number of alkyl halides is 2. The van der Waals surface area contributed by atoms with Gasteiger partial charge in [-0.2, -0.15) is 8.78 Å². The van der Waals surface area contributed by atoms with Crippen molar-refractivity contribution in [3.63, 3.8) is 0 Å². The van der Waals surface area contributed by atoms with Crippen LogP contribution in [0.1, 0.15) is 21.5 Å². The summed E-state index contributed by atoms with van der Waals surface area (Å²) in [4.78, 5) is 26.7. The Morgan fingerprint density at radius 1 is 1.03 bits per heavy atom. The second-order valence-corrected chi connectivity index (χ2v) is 6.11. The number of halogens is 2. The van der Waals surface area contributed by atoms with E-state index in [2.05, 4.69) is 25.7 Å². The van der Waals surface area contributed by atoms with Gasteiger partial charge in [-0.15, -0.1) is 0 Å². The minimum atomic E-state index is -2.90. The normalized spacial score (nSPS) is 11.1. The van der Waals surface area contributed by atoms with Gasteiger partial charge in [0.1, 0.15) is 5.75 Å². The van der Waals surface area contributed by atoms with E-state index in [0.29, 0.717) is 23.6 Å². The molecule has 2 aromatic carbocycles. The van der Waals surface area contributed by atoms with Gasteiger partial charge in [0.05, 0.1) is 6.54 Å². The van der Waals surface area contributed by atoms with Crippen molar-refractivity contribution < 1.29 is 23.1 Å². The molecule has 0 aromatic heterocycles. The lowest BCUT2D eigenvalue weighted by Crippen LogP contribution is -2.36. The van der Waals surface area contributed by atoms with Gasteiger partial charge in [-0.3, -0.25) is 14.6 Å². The van der Waals surface area contributed by atoms with E-state index in [1.807, 2.05) is 0 Å². The molecule has 30 heavy (non-hydrogen) atoms. The van der Waals surface area contributed by atoms with Crippen LogP contribution in [0.4, 0.5) is 8.78 Å². The first-order valence-electron chi connectivity index (χ1n) is 9.01. The van der Waals surface area contributed by atoms with Gasteiger partial charge in [0.15, 0.2) is 5.96 Å². The maximum Gasteiger partial charge on any atom is 0.387 e. The zero-order valence-electron chi connectivity index (χ0n) is 16.3. The van der Waals surface area contributed by atoms with Crippen LogP contribution in [0.5, 0.6) is 5.75 Å². The molecule has 0 aliphatic heterocycles. The fraction of sp³-hybridized carbons (Fsp3) is 0.250. The lowest BCUT2D eigenvalue weighted by molar-refractivity contribution is -0.117. The third kappa shape index (κ3) is 7.38. The summed E-state index contributed by atoms with van der Waals surface area (Å²) < 4.78 is 29.5. The van der Waals surface area contributed by atoms with Crippen molar-refractivity contribution in [3.8, 4) is 5.75 Å². The number of carbonyl (C=O) groups excluding carboxylic acids is 2. The van der Waals surface area contributed by atoms with Crippen molar-refractivity contribution in [2.24, 2.45) is 10.7 Å². The van der Waals surface area contributed by atoms with Crippen LogP contribution in [0.15, 0.2) is 53.5 Å². The van der Waals surface area contributed by atoms with Gasteiger partial charge in [0.25, 0.3) is 5.91 Å². The van der Waals surface area contributed by atoms with E-state index >= 15 is 0 Å². The van der Waals surface area contributed by atoms with Crippen LogP contribution in [0.3, 0.4) is 0 Å². The number of ether oxygens (including phenoxy) is 1. The number of benzene rings is 2. The molecule has 2 amide bonds. The largest absolute Gasteiger partial charge is 0.434 e. The number of aliphatic imine (C=N–C) groups is 1. The number of nitrogens with zero attached hydrogens (tertiary/aromatic N) is 1. The maximum atomic E-state index is 12.5. The Kier molecular flexibility index (Phi) is 8.55. The summed E-state index contributed by atoms with van der Waals surface area (Å²) >= 11 is 0. The van der Waals surface area contributed by atoms with Gasteiger partial charge >= 0.3 is 6.61 Å². The van der Waals surface area contributed by atoms with Gasteiger partial charge in [-0.05, 0) is 23.8 Å². The van der Waals surface area contributed by atoms with E-state index in [1.165, 1.54) is 6.07 Å². The van der Waals surface area contributed by atoms with Crippen LogP contribution in [-0.2, 0) is 17.9 Å². The molecule has 0 bridgehead atoms. The molecular formula is C20H23F2N5O3. The minimum absolute atomic E-state index is 0.0978. The second-order valence-electron chi connectivity index (χ2n) is 6.11. The summed E-state index contributed by atoms with van der Waals surface area (Å²) in [6.45, 7) is -2.47. The van der Waals surface area contributed by atoms with E-state index in [-0.39, 0.29) is 18.8 Å². The molecule has 0 heterocycles. The number of rotatable bonds is 9. The molecule has 0 atom stereocenters. The molecule has 0 fully saturated rings. The molecule has 5 N–H and O–H groups in total. The maximum absolute atomic E-state index is 12.5. The summed E-state index contributed by atoms with van der Waals surface area (Å²) in [6.07, 6.45) is 0. The lowest BCUT2D eigenvalue weighted by atomic mass is 10.1. The first-order chi connectivity index (χ1) is 14.4. The Bertz CT molecular complexity index is 888. The number of nitrogens with two attached hydrogens (primary N) is 1. The number of amides is 2. The average molecular weight is 419 g/mol. The zero-order valence-corrected chi connectivity index (χ0v) is 16.3. The summed E-state index contributed by atoms with van der Waals surface area (Å²) in [5.41, 5.74) is 6.84. The van der Waals surface area contributed by atoms with Crippen LogP contribution in [0, 0.1) is 0 Å². The minimum Gasteiger partial charge on any atom is -0.434 e. The Hall–Kier alpha value is -3.69. The van der Waals surface area contributed by atoms with Gasteiger partial charge in [-0.25, -0.2) is 0 Å². The van der Waals surface area contributed by atoms with Crippen LogP contribution in [0.25, 0.3) is 0 Å². The smallest absolute Gasteiger partial charge is 0.387 e. The van der Waals surface area contributed by atoms with Crippen molar-refractivity contribution in [1.29, 1.82) is 0 Å². The van der Waals surface area contributed by atoms with Crippen molar-refractivity contribution in [2.75, 3.05) is 13.6 Å².